The Morgan fingerprint density at radius 1 is 1.00 bits per heavy atom. The molecule has 0 aliphatic rings. The van der Waals surface area contributed by atoms with Crippen LogP contribution < -0.4 is 15.4 Å². The lowest BCUT2D eigenvalue weighted by Crippen LogP contribution is -2.37. The molecule has 0 amide bonds. The van der Waals surface area contributed by atoms with Gasteiger partial charge in [-0.25, -0.2) is 4.99 Å². The van der Waals surface area contributed by atoms with Gasteiger partial charge in [-0.3, -0.25) is 0 Å². The average Bonchev–Trinajstić information content (AvgIpc) is 2.65. The van der Waals surface area contributed by atoms with Gasteiger partial charge in [0.25, 0.3) is 0 Å². The van der Waals surface area contributed by atoms with Crippen molar-refractivity contribution >= 4 is 29.9 Å². The highest BCUT2D eigenvalue weighted by Crippen LogP contribution is 2.13. The lowest BCUT2D eigenvalue weighted by Gasteiger charge is -2.14. The molecule has 0 aromatic heterocycles. The fraction of sp³-hybridized carbons (Fsp3) is 0.350. The molecule has 0 saturated carbocycles. The minimum atomic E-state index is 0. The van der Waals surface area contributed by atoms with Crippen LogP contribution in [0, 0.1) is 0 Å². The maximum absolute atomic E-state index is 5.26. The van der Waals surface area contributed by atoms with Crippen LogP contribution in [0.1, 0.15) is 23.6 Å². The Labute approximate surface area is 173 Å². The van der Waals surface area contributed by atoms with Crippen LogP contribution in [-0.4, -0.2) is 26.7 Å². The van der Waals surface area contributed by atoms with Gasteiger partial charge in [0.05, 0.1) is 20.3 Å². The summed E-state index contributed by atoms with van der Waals surface area (Å²) in [5.41, 5.74) is 3.49. The molecular formula is C20H28IN3O2. The van der Waals surface area contributed by atoms with Crippen molar-refractivity contribution in [2.75, 3.05) is 20.8 Å². The molecule has 0 radical (unpaired) electrons. The number of methoxy groups -OCH3 is 2. The molecule has 0 atom stereocenters. The summed E-state index contributed by atoms with van der Waals surface area (Å²) in [5, 5.41) is 6.67. The molecule has 0 aliphatic heterocycles. The number of halogens is 1. The first-order chi connectivity index (χ1) is 12.3. The molecule has 6 heteroatoms. The third kappa shape index (κ3) is 7.21. The summed E-state index contributed by atoms with van der Waals surface area (Å²) in [6.45, 7) is 4.76. The minimum Gasteiger partial charge on any atom is -0.497 e. The number of ether oxygens (including phenoxy) is 2. The summed E-state index contributed by atoms with van der Waals surface area (Å²) >= 11 is 0. The fourth-order valence-corrected chi connectivity index (χ4v) is 2.49. The van der Waals surface area contributed by atoms with E-state index < -0.39 is 0 Å². The van der Waals surface area contributed by atoms with Crippen molar-refractivity contribution in [3.63, 3.8) is 0 Å². The van der Waals surface area contributed by atoms with Crippen LogP contribution in [0.4, 0.5) is 0 Å². The Balaban J connectivity index is 0.00000338. The molecule has 142 valence electrons. The fourth-order valence-electron chi connectivity index (χ4n) is 2.49. The molecule has 0 saturated heterocycles. The molecule has 5 nitrogen and oxygen atoms in total. The Bertz CT molecular complexity index is 692. The maximum Gasteiger partial charge on any atom is 0.191 e. The lowest BCUT2D eigenvalue weighted by molar-refractivity contribution is 0.184. The molecule has 0 fully saturated rings. The number of nitrogens with one attached hydrogen (secondary N) is 2. The van der Waals surface area contributed by atoms with E-state index in [4.69, 9.17) is 9.47 Å². The molecule has 0 heterocycles. The number of rotatable bonds is 8. The summed E-state index contributed by atoms with van der Waals surface area (Å²) in [4.78, 5) is 4.66. The van der Waals surface area contributed by atoms with Crippen LogP contribution in [-0.2, 0) is 24.4 Å². The topological polar surface area (TPSA) is 54.9 Å². The van der Waals surface area contributed by atoms with Gasteiger partial charge in [0, 0.05) is 20.2 Å². The highest BCUT2D eigenvalue weighted by atomic mass is 127. The van der Waals surface area contributed by atoms with Crippen molar-refractivity contribution in [3.05, 3.63) is 65.2 Å². The smallest absolute Gasteiger partial charge is 0.191 e. The normalized spacial score (nSPS) is 10.8. The van der Waals surface area contributed by atoms with Crippen LogP contribution in [0.5, 0.6) is 5.75 Å². The summed E-state index contributed by atoms with van der Waals surface area (Å²) in [7, 11) is 3.38. The summed E-state index contributed by atoms with van der Waals surface area (Å²) < 4.78 is 10.5. The van der Waals surface area contributed by atoms with E-state index >= 15 is 0 Å². The standard InChI is InChI=1S/C20H27N3O2.HI/c1-4-21-20(22-13-16-8-7-11-19(12-16)25-3)23-14-17-9-5-6-10-18(17)15-24-2;/h5-12H,4,13-15H2,1-3H3,(H2,21,22,23);1H. The number of nitrogens with zero attached hydrogens (tertiary/aromatic N) is 1. The molecule has 2 aromatic carbocycles. The number of hydrogen-bond acceptors (Lipinski definition) is 3. The Morgan fingerprint density at radius 3 is 2.46 bits per heavy atom. The van der Waals surface area contributed by atoms with Gasteiger partial charge in [-0.05, 0) is 35.7 Å². The van der Waals surface area contributed by atoms with E-state index in [-0.39, 0.29) is 24.0 Å². The summed E-state index contributed by atoms with van der Waals surface area (Å²) in [6, 6.07) is 16.2. The van der Waals surface area contributed by atoms with Gasteiger partial charge in [0.2, 0.25) is 0 Å². The first-order valence-corrected chi connectivity index (χ1v) is 8.47. The minimum absolute atomic E-state index is 0. The zero-order chi connectivity index (χ0) is 17.9. The van der Waals surface area contributed by atoms with Crippen molar-refractivity contribution in [2.45, 2.75) is 26.6 Å². The van der Waals surface area contributed by atoms with Crippen molar-refractivity contribution in [3.8, 4) is 5.75 Å². The third-order valence-electron chi connectivity index (χ3n) is 3.76. The highest BCUT2D eigenvalue weighted by Gasteiger charge is 2.03. The molecule has 0 aliphatic carbocycles. The van der Waals surface area contributed by atoms with Crippen molar-refractivity contribution in [1.29, 1.82) is 0 Å². The van der Waals surface area contributed by atoms with Gasteiger partial charge in [0.1, 0.15) is 5.75 Å². The van der Waals surface area contributed by atoms with Crippen molar-refractivity contribution in [1.82, 2.24) is 10.6 Å². The summed E-state index contributed by atoms with van der Waals surface area (Å²) in [6.07, 6.45) is 0. The molecule has 26 heavy (non-hydrogen) atoms. The van der Waals surface area contributed by atoms with E-state index in [9.17, 15) is 0 Å². The molecule has 0 bridgehead atoms. The van der Waals surface area contributed by atoms with Gasteiger partial charge >= 0.3 is 0 Å². The predicted octanol–water partition coefficient (Wildman–Crippen LogP) is 3.71. The second-order valence-corrected chi connectivity index (χ2v) is 5.60. The number of guanidine groups is 1. The Kier molecular flexibility index (Phi) is 10.7. The zero-order valence-electron chi connectivity index (χ0n) is 15.6. The van der Waals surface area contributed by atoms with Gasteiger partial charge in [-0.15, -0.1) is 24.0 Å². The molecule has 2 N–H and O–H groups in total. The van der Waals surface area contributed by atoms with E-state index in [0.717, 1.165) is 23.8 Å². The van der Waals surface area contributed by atoms with Crippen LogP contribution in [0.3, 0.4) is 0 Å². The molecule has 0 unspecified atom stereocenters. The van der Waals surface area contributed by atoms with Crippen LogP contribution >= 0.6 is 24.0 Å². The first kappa shape index (κ1) is 22.2. The second kappa shape index (κ2) is 12.5. The Morgan fingerprint density at radius 2 is 1.77 bits per heavy atom. The molecule has 2 aromatic rings. The lowest BCUT2D eigenvalue weighted by atomic mass is 10.1. The maximum atomic E-state index is 5.26. The summed E-state index contributed by atoms with van der Waals surface area (Å²) in [5.74, 6) is 1.64. The largest absolute Gasteiger partial charge is 0.497 e. The van der Waals surface area contributed by atoms with Crippen LogP contribution in [0.15, 0.2) is 53.5 Å². The number of hydrogen-bond donors (Lipinski definition) is 2. The average molecular weight is 469 g/mol. The van der Waals surface area contributed by atoms with Gasteiger partial charge in [-0.1, -0.05) is 36.4 Å². The van der Waals surface area contributed by atoms with Gasteiger partial charge in [0.15, 0.2) is 5.96 Å². The molecular weight excluding hydrogens is 441 g/mol. The monoisotopic (exact) mass is 469 g/mol. The van der Waals surface area contributed by atoms with Crippen LogP contribution in [0.25, 0.3) is 0 Å². The van der Waals surface area contributed by atoms with E-state index in [0.29, 0.717) is 19.7 Å². The SMILES string of the molecule is CCNC(=NCc1cccc(OC)c1)NCc1ccccc1COC.I. The number of aliphatic imine (C=N–C) groups is 1. The van der Waals surface area contributed by atoms with Gasteiger partial charge in [-0.2, -0.15) is 0 Å². The quantitative estimate of drug-likeness (QED) is 0.352. The van der Waals surface area contributed by atoms with E-state index in [1.807, 2.05) is 36.4 Å². The third-order valence-corrected chi connectivity index (χ3v) is 3.76. The van der Waals surface area contributed by atoms with Crippen molar-refractivity contribution in [2.24, 2.45) is 4.99 Å². The van der Waals surface area contributed by atoms with E-state index in [1.165, 1.54) is 11.1 Å². The first-order valence-electron chi connectivity index (χ1n) is 8.47. The molecule has 2 rings (SSSR count). The van der Waals surface area contributed by atoms with Crippen LogP contribution in [0.2, 0.25) is 0 Å². The van der Waals surface area contributed by atoms with Crippen molar-refractivity contribution < 1.29 is 9.47 Å². The van der Waals surface area contributed by atoms with Gasteiger partial charge < -0.3 is 20.1 Å². The Hall–Kier alpha value is -1.80. The van der Waals surface area contributed by atoms with E-state index in [2.05, 4.69) is 34.7 Å². The van der Waals surface area contributed by atoms with E-state index in [1.54, 1.807) is 14.2 Å². The molecule has 0 spiro atoms. The highest BCUT2D eigenvalue weighted by molar-refractivity contribution is 14.0. The zero-order valence-corrected chi connectivity index (χ0v) is 17.9. The predicted molar refractivity (Wildman–Crippen MR) is 117 cm³/mol. The second-order valence-electron chi connectivity index (χ2n) is 5.60. The number of benzene rings is 2.